The molecular weight excluding hydrogens is 291 g/mol. The van der Waals surface area contributed by atoms with Gasteiger partial charge in [0, 0.05) is 19.0 Å². The molecule has 2 rings (SSSR count). The van der Waals surface area contributed by atoms with Crippen molar-refractivity contribution in [2.24, 2.45) is 0 Å². The first-order valence-corrected chi connectivity index (χ1v) is 7.34. The molecule has 0 bridgehead atoms. The zero-order valence-electron chi connectivity index (χ0n) is 12.1. The standard InChI is InChI=1S/C15H18ClFN4/c1-3-5-13-20-14(18-4-2)9-15(21-13)19-12-7-6-10(17)8-11(12)16/h6-9H,3-5H2,1-2H3,(H2,18,19,20,21). The van der Waals surface area contributed by atoms with Crippen LogP contribution < -0.4 is 10.6 Å². The molecule has 0 aliphatic carbocycles. The van der Waals surface area contributed by atoms with Gasteiger partial charge in [-0.1, -0.05) is 18.5 Å². The van der Waals surface area contributed by atoms with Gasteiger partial charge in [0.2, 0.25) is 0 Å². The fraction of sp³-hybridized carbons (Fsp3) is 0.333. The Hall–Kier alpha value is -1.88. The number of nitrogens with zero attached hydrogens (tertiary/aromatic N) is 2. The monoisotopic (exact) mass is 308 g/mol. The maximum absolute atomic E-state index is 13.1. The molecule has 0 saturated heterocycles. The number of hydrogen-bond acceptors (Lipinski definition) is 4. The Labute approximate surface area is 128 Å². The van der Waals surface area contributed by atoms with Crippen LogP contribution in [0.15, 0.2) is 24.3 Å². The summed E-state index contributed by atoms with van der Waals surface area (Å²) in [5.41, 5.74) is 0.613. The van der Waals surface area contributed by atoms with E-state index in [9.17, 15) is 4.39 Å². The topological polar surface area (TPSA) is 49.8 Å². The molecule has 0 fully saturated rings. The van der Waals surface area contributed by atoms with Gasteiger partial charge < -0.3 is 10.6 Å². The molecule has 0 aliphatic rings. The van der Waals surface area contributed by atoms with E-state index >= 15 is 0 Å². The SMILES string of the molecule is CCCc1nc(NCC)cc(Nc2ccc(F)cc2Cl)n1. The normalized spacial score (nSPS) is 10.5. The Balaban J connectivity index is 2.29. The van der Waals surface area contributed by atoms with Gasteiger partial charge in [-0.25, -0.2) is 14.4 Å². The van der Waals surface area contributed by atoms with E-state index < -0.39 is 0 Å². The third kappa shape index (κ3) is 4.29. The molecule has 0 aliphatic heterocycles. The lowest BCUT2D eigenvalue weighted by atomic mass is 10.3. The lowest BCUT2D eigenvalue weighted by molar-refractivity contribution is 0.628. The summed E-state index contributed by atoms with van der Waals surface area (Å²) >= 11 is 6.02. The number of aromatic nitrogens is 2. The minimum atomic E-state index is -0.367. The van der Waals surface area contributed by atoms with Crippen molar-refractivity contribution in [1.82, 2.24) is 9.97 Å². The maximum Gasteiger partial charge on any atom is 0.136 e. The van der Waals surface area contributed by atoms with Crippen LogP contribution in [-0.2, 0) is 6.42 Å². The fourth-order valence-corrected chi connectivity index (χ4v) is 2.11. The first kappa shape index (κ1) is 15.5. The largest absolute Gasteiger partial charge is 0.370 e. The van der Waals surface area contributed by atoms with Gasteiger partial charge in [-0.3, -0.25) is 0 Å². The highest BCUT2D eigenvalue weighted by molar-refractivity contribution is 6.33. The molecule has 0 atom stereocenters. The van der Waals surface area contributed by atoms with E-state index in [1.54, 1.807) is 6.07 Å². The smallest absolute Gasteiger partial charge is 0.136 e. The molecule has 0 amide bonds. The molecule has 0 spiro atoms. The number of halogens is 2. The number of rotatable bonds is 6. The van der Waals surface area contributed by atoms with E-state index in [2.05, 4.69) is 27.5 Å². The van der Waals surface area contributed by atoms with Crippen LogP contribution in [-0.4, -0.2) is 16.5 Å². The predicted molar refractivity (Wildman–Crippen MR) is 84.9 cm³/mol. The summed E-state index contributed by atoms with van der Waals surface area (Å²) in [4.78, 5) is 8.89. The van der Waals surface area contributed by atoms with Crippen molar-refractivity contribution in [3.63, 3.8) is 0 Å². The molecule has 1 aromatic heterocycles. The molecule has 0 saturated carbocycles. The van der Waals surface area contributed by atoms with Crippen molar-refractivity contribution in [3.8, 4) is 0 Å². The summed E-state index contributed by atoms with van der Waals surface area (Å²) in [5, 5.41) is 6.59. The molecule has 2 aromatic rings. The molecule has 0 radical (unpaired) electrons. The summed E-state index contributed by atoms with van der Waals surface area (Å²) in [6, 6.07) is 6.02. The zero-order chi connectivity index (χ0) is 15.2. The van der Waals surface area contributed by atoms with E-state index in [-0.39, 0.29) is 5.82 Å². The summed E-state index contributed by atoms with van der Waals surface area (Å²) < 4.78 is 13.1. The van der Waals surface area contributed by atoms with E-state index in [1.165, 1.54) is 12.1 Å². The highest BCUT2D eigenvalue weighted by Gasteiger charge is 2.07. The summed E-state index contributed by atoms with van der Waals surface area (Å²) in [5.74, 6) is 1.79. The van der Waals surface area contributed by atoms with Crippen molar-refractivity contribution in [2.45, 2.75) is 26.7 Å². The summed E-state index contributed by atoms with van der Waals surface area (Å²) in [7, 11) is 0. The van der Waals surface area contributed by atoms with Crippen LogP contribution in [0.25, 0.3) is 0 Å². The van der Waals surface area contributed by atoms with Crippen LogP contribution in [0.4, 0.5) is 21.7 Å². The number of anilines is 3. The molecule has 0 unspecified atom stereocenters. The van der Waals surface area contributed by atoms with Gasteiger partial charge in [0.25, 0.3) is 0 Å². The van der Waals surface area contributed by atoms with Crippen molar-refractivity contribution in [3.05, 3.63) is 40.9 Å². The van der Waals surface area contributed by atoms with Crippen LogP contribution >= 0.6 is 11.6 Å². The molecule has 21 heavy (non-hydrogen) atoms. The van der Waals surface area contributed by atoms with E-state index in [4.69, 9.17) is 11.6 Å². The number of aryl methyl sites for hydroxylation is 1. The number of benzene rings is 1. The molecule has 6 heteroatoms. The van der Waals surface area contributed by atoms with Gasteiger partial charge in [-0.15, -0.1) is 0 Å². The third-order valence-corrected chi connectivity index (χ3v) is 3.11. The van der Waals surface area contributed by atoms with E-state index in [1.807, 2.05) is 13.0 Å². The molecular formula is C15H18ClFN4. The first-order valence-electron chi connectivity index (χ1n) is 6.96. The maximum atomic E-state index is 13.1. The van der Waals surface area contributed by atoms with Gasteiger partial charge in [-0.2, -0.15) is 0 Å². The Kier molecular flexibility index (Phi) is 5.33. The minimum Gasteiger partial charge on any atom is -0.370 e. The van der Waals surface area contributed by atoms with Crippen molar-refractivity contribution >= 4 is 28.9 Å². The lowest BCUT2D eigenvalue weighted by Gasteiger charge is -2.11. The lowest BCUT2D eigenvalue weighted by Crippen LogP contribution is -2.06. The summed E-state index contributed by atoms with van der Waals surface area (Å²) in [6.07, 6.45) is 1.76. The Bertz CT molecular complexity index is 594. The van der Waals surface area contributed by atoms with Crippen LogP contribution in [0.1, 0.15) is 26.1 Å². The highest BCUT2D eigenvalue weighted by Crippen LogP contribution is 2.26. The van der Waals surface area contributed by atoms with Crippen molar-refractivity contribution in [1.29, 1.82) is 0 Å². The predicted octanol–water partition coefficient (Wildman–Crippen LogP) is 4.40. The molecule has 112 valence electrons. The van der Waals surface area contributed by atoms with Gasteiger partial charge in [0.1, 0.15) is 23.3 Å². The molecule has 2 N–H and O–H groups in total. The van der Waals surface area contributed by atoms with Crippen molar-refractivity contribution < 1.29 is 4.39 Å². The molecule has 1 aromatic carbocycles. The first-order chi connectivity index (χ1) is 10.1. The van der Waals surface area contributed by atoms with Crippen LogP contribution in [0.5, 0.6) is 0 Å². The van der Waals surface area contributed by atoms with Gasteiger partial charge >= 0.3 is 0 Å². The van der Waals surface area contributed by atoms with E-state index in [0.29, 0.717) is 16.5 Å². The second-order valence-corrected chi connectivity index (χ2v) is 4.99. The third-order valence-electron chi connectivity index (χ3n) is 2.80. The Morgan fingerprint density at radius 2 is 1.90 bits per heavy atom. The quantitative estimate of drug-likeness (QED) is 0.830. The number of nitrogens with one attached hydrogen (secondary N) is 2. The van der Waals surface area contributed by atoms with Crippen LogP contribution in [0, 0.1) is 5.82 Å². The van der Waals surface area contributed by atoms with Gasteiger partial charge in [-0.05, 0) is 31.5 Å². The average molecular weight is 309 g/mol. The Morgan fingerprint density at radius 1 is 1.14 bits per heavy atom. The Morgan fingerprint density at radius 3 is 2.57 bits per heavy atom. The average Bonchev–Trinajstić information content (AvgIpc) is 2.42. The summed E-state index contributed by atoms with van der Waals surface area (Å²) in [6.45, 7) is 4.86. The minimum absolute atomic E-state index is 0.315. The van der Waals surface area contributed by atoms with Crippen LogP contribution in [0.2, 0.25) is 5.02 Å². The second-order valence-electron chi connectivity index (χ2n) is 4.58. The van der Waals surface area contributed by atoms with E-state index in [0.717, 1.165) is 31.0 Å². The second kappa shape index (κ2) is 7.22. The zero-order valence-corrected chi connectivity index (χ0v) is 12.8. The highest BCUT2D eigenvalue weighted by atomic mass is 35.5. The molecule has 4 nitrogen and oxygen atoms in total. The fourth-order valence-electron chi connectivity index (χ4n) is 1.90. The van der Waals surface area contributed by atoms with Gasteiger partial charge in [0.05, 0.1) is 10.7 Å². The van der Waals surface area contributed by atoms with Gasteiger partial charge in [0.15, 0.2) is 0 Å². The number of hydrogen-bond donors (Lipinski definition) is 2. The van der Waals surface area contributed by atoms with Crippen LogP contribution in [0.3, 0.4) is 0 Å². The molecule has 1 heterocycles. The van der Waals surface area contributed by atoms with Crippen molar-refractivity contribution in [2.75, 3.05) is 17.2 Å².